The van der Waals surface area contributed by atoms with Crippen LogP contribution in [0.2, 0.25) is 0 Å². The summed E-state index contributed by atoms with van der Waals surface area (Å²) in [6, 6.07) is 1.66. The summed E-state index contributed by atoms with van der Waals surface area (Å²) >= 11 is 1.33. The number of carbonyl (C=O) groups excluding carboxylic acids is 2. The van der Waals surface area contributed by atoms with Crippen molar-refractivity contribution in [1.29, 1.82) is 0 Å². The van der Waals surface area contributed by atoms with Crippen molar-refractivity contribution in [3.8, 4) is 0 Å². The molecule has 0 spiro atoms. The first-order valence-electron chi connectivity index (χ1n) is 6.90. The third-order valence-corrected chi connectivity index (χ3v) is 4.84. The van der Waals surface area contributed by atoms with E-state index in [2.05, 4.69) is 25.2 Å². The molecular weight excluding hydrogens is 286 g/mol. The minimum absolute atomic E-state index is 0.0323. The standard InChI is InChI=1S/C16H21NO3S/c1-9(2)8-11-12(16(11,3)4)13(18)17-14-10(6-7-21-14)15(19)20-5/h6-8,11-12H,1-5H3,(H,17,18). The van der Waals surface area contributed by atoms with Crippen LogP contribution in [0.15, 0.2) is 23.1 Å². The Labute approximate surface area is 129 Å². The van der Waals surface area contributed by atoms with Crippen LogP contribution in [0.3, 0.4) is 0 Å². The number of anilines is 1. The average molecular weight is 307 g/mol. The minimum Gasteiger partial charge on any atom is -0.465 e. The molecule has 0 saturated heterocycles. The highest BCUT2D eigenvalue weighted by atomic mass is 32.1. The zero-order chi connectivity index (χ0) is 15.8. The van der Waals surface area contributed by atoms with Crippen molar-refractivity contribution in [1.82, 2.24) is 0 Å². The first-order chi connectivity index (χ1) is 9.78. The number of ether oxygens (including phenoxy) is 1. The van der Waals surface area contributed by atoms with Crippen LogP contribution in [0.1, 0.15) is 38.1 Å². The Morgan fingerprint density at radius 3 is 2.62 bits per heavy atom. The minimum atomic E-state index is -0.428. The monoisotopic (exact) mass is 307 g/mol. The molecule has 4 nitrogen and oxygen atoms in total. The maximum Gasteiger partial charge on any atom is 0.340 e. The van der Waals surface area contributed by atoms with Gasteiger partial charge in [-0.25, -0.2) is 4.79 Å². The molecule has 1 aliphatic rings. The van der Waals surface area contributed by atoms with Crippen LogP contribution in [0.4, 0.5) is 5.00 Å². The van der Waals surface area contributed by atoms with Crippen LogP contribution in [0, 0.1) is 17.3 Å². The van der Waals surface area contributed by atoms with Crippen LogP contribution in [0.25, 0.3) is 0 Å². The number of hydrogen-bond donors (Lipinski definition) is 1. The number of allylic oxidation sites excluding steroid dienone is 2. The lowest BCUT2D eigenvalue weighted by atomic mass is 10.1. The van der Waals surface area contributed by atoms with E-state index in [1.807, 2.05) is 13.8 Å². The molecule has 2 unspecified atom stereocenters. The van der Waals surface area contributed by atoms with Crippen molar-refractivity contribution in [2.75, 3.05) is 12.4 Å². The Kier molecular flexibility index (Phi) is 4.23. The maximum absolute atomic E-state index is 12.5. The number of amides is 1. The highest BCUT2D eigenvalue weighted by Crippen LogP contribution is 2.59. The fourth-order valence-corrected chi connectivity index (χ4v) is 3.49. The molecular formula is C16H21NO3S. The van der Waals surface area contributed by atoms with Crippen molar-refractivity contribution in [2.45, 2.75) is 27.7 Å². The lowest BCUT2D eigenvalue weighted by molar-refractivity contribution is -0.118. The molecule has 1 saturated carbocycles. The third-order valence-electron chi connectivity index (χ3n) is 4.01. The number of nitrogens with one attached hydrogen (secondary N) is 1. The Bertz CT molecular complexity index is 596. The van der Waals surface area contributed by atoms with Crippen LogP contribution in [0.5, 0.6) is 0 Å². The predicted molar refractivity (Wildman–Crippen MR) is 84.5 cm³/mol. The normalized spacial score (nSPS) is 22.3. The summed E-state index contributed by atoms with van der Waals surface area (Å²) in [6.45, 7) is 8.27. The summed E-state index contributed by atoms with van der Waals surface area (Å²) in [6.07, 6.45) is 2.15. The van der Waals surface area contributed by atoms with Gasteiger partial charge in [0.25, 0.3) is 0 Å². The number of esters is 1. The summed E-state index contributed by atoms with van der Waals surface area (Å²) in [7, 11) is 1.33. The maximum atomic E-state index is 12.5. The molecule has 2 atom stereocenters. The molecule has 21 heavy (non-hydrogen) atoms. The fraction of sp³-hybridized carbons (Fsp3) is 0.500. The SMILES string of the molecule is COC(=O)c1ccsc1NC(=O)C1C(C=C(C)C)C1(C)C. The van der Waals surface area contributed by atoms with Gasteiger partial charge in [0, 0.05) is 0 Å². The number of methoxy groups -OCH3 is 1. The molecule has 5 heteroatoms. The van der Waals surface area contributed by atoms with Gasteiger partial charge in [-0.3, -0.25) is 4.79 Å². The van der Waals surface area contributed by atoms with E-state index in [1.165, 1.54) is 24.0 Å². The third kappa shape index (κ3) is 3.02. The second kappa shape index (κ2) is 5.64. The molecule has 2 rings (SSSR count). The van der Waals surface area contributed by atoms with Crippen LogP contribution in [-0.2, 0) is 9.53 Å². The molecule has 0 bridgehead atoms. The van der Waals surface area contributed by atoms with E-state index in [1.54, 1.807) is 11.4 Å². The smallest absolute Gasteiger partial charge is 0.340 e. The zero-order valence-corrected chi connectivity index (χ0v) is 13.8. The van der Waals surface area contributed by atoms with E-state index < -0.39 is 5.97 Å². The quantitative estimate of drug-likeness (QED) is 0.681. The van der Waals surface area contributed by atoms with Crippen LogP contribution in [-0.4, -0.2) is 19.0 Å². The van der Waals surface area contributed by atoms with E-state index in [4.69, 9.17) is 4.74 Å². The van der Waals surface area contributed by atoms with Gasteiger partial charge >= 0.3 is 5.97 Å². The Balaban J connectivity index is 2.12. The topological polar surface area (TPSA) is 55.4 Å². The molecule has 1 fully saturated rings. The summed E-state index contributed by atoms with van der Waals surface area (Å²) in [4.78, 5) is 24.1. The van der Waals surface area contributed by atoms with Crippen LogP contribution >= 0.6 is 11.3 Å². The van der Waals surface area contributed by atoms with E-state index in [0.717, 1.165) is 0 Å². The van der Waals surface area contributed by atoms with Crippen molar-refractivity contribution in [2.24, 2.45) is 17.3 Å². The average Bonchev–Trinajstić information content (AvgIpc) is 2.76. The number of thiophene rings is 1. The predicted octanol–water partition coefficient (Wildman–Crippen LogP) is 3.71. The van der Waals surface area contributed by atoms with Gasteiger partial charge in [0.05, 0.1) is 18.6 Å². The highest BCUT2D eigenvalue weighted by Gasteiger charge is 2.60. The largest absolute Gasteiger partial charge is 0.465 e. The van der Waals surface area contributed by atoms with Crippen molar-refractivity contribution in [3.63, 3.8) is 0 Å². The highest BCUT2D eigenvalue weighted by molar-refractivity contribution is 7.14. The molecule has 1 aliphatic carbocycles. The van der Waals surface area contributed by atoms with Crippen molar-refractivity contribution < 1.29 is 14.3 Å². The molecule has 1 aromatic heterocycles. The Hall–Kier alpha value is -1.62. The molecule has 1 amide bonds. The lowest BCUT2D eigenvalue weighted by Gasteiger charge is -2.06. The summed E-state index contributed by atoms with van der Waals surface area (Å²) in [5, 5.41) is 5.21. The number of carbonyl (C=O) groups is 2. The Morgan fingerprint density at radius 1 is 1.38 bits per heavy atom. The molecule has 1 heterocycles. The number of hydrogen-bond acceptors (Lipinski definition) is 4. The lowest BCUT2D eigenvalue weighted by Crippen LogP contribution is -2.18. The van der Waals surface area contributed by atoms with Crippen molar-refractivity contribution in [3.05, 3.63) is 28.7 Å². The molecule has 1 aromatic rings. The molecule has 0 aliphatic heterocycles. The van der Waals surface area contributed by atoms with Gasteiger partial charge in [-0.05, 0) is 36.6 Å². The van der Waals surface area contributed by atoms with Gasteiger partial charge in [-0.2, -0.15) is 0 Å². The molecule has 114 valence electrons. The van der Waals surface area contributed by atoms with E-state index in [-0.39, 0.29) is 23.2 Å². The summed E-state index contributed by atoms with van der Waals surface area (Å²) in [5.74, 6) is -0.262. The number of rotatable bonds is 4. The van der Waals surface area contributed by atoms with Crippen molar-refractivity contribution >= 4 is 28.2 Å². The first kappa shape index (κ1) is 15.8. The molecule has 1 N–H and O–H groups in total. The second-order valence-electron chi connectivity index (χ2n) is 6.21. The van der Waals surface area contributed by atoms with Gasteiger partial charge in [0.2, 0.25) is 5.91 Å². The fourth-order valence-electron chi connectivity index (χ4n) is 2.72. The molecule has 0 radical (unpaired) electrons. The first-order valence-corrected chi connectivity index (χ1v) is 7.78. The van der Waals surface area contributed by atoms with Gasteiger partial charge in [-0.15, -0.1) is 11.3 Å². The van der Waals surface area contributed by atoms with Gasteiger partial charge in [-0.1, -0.05) is 25.5 Å². The summed E-state index contributed by atoms with van der Waals surface area (Å²) in [5.41, 5.74) is 1.59. The van der Waals surface area contributed by atoms with Gasteiger partial charge in [0.1, 0.15) is 5.00 Å². The van der Waals surface area contributed by atoms with E-state index >= 15 is 0 Å². The van der Waals surface area contributed by atoms with E-state index in [0.29, 0.717) is 10.6 Å². The van der Waals surface area contributed by atoms with E-state index in [9.17, 15) is 9.59 Å². The summed E-state index contributed by atoms with van der Waals surface area (Å²) < 4.78 is 4.71. The Morgan fingerprint density at radius 2 is 2.05 bits per heavy atom. The molecule has 0 aromatic carbocycles. The van der Waals surface area contributed by atoms with Gasteiger partial charge in [0.15, 0.2) is 0 Å². The van der Waals surface area contributed by atoms with Crippen LogP contribution < -0.4 is 5.32 Å². The van der Waals surface area contributed by atoms with Gasteiger partial charge < -0.3 is 10.1 Å². The zero-order valence-electron chi connectivity index (χ0n) is 13.0. The second-order valence-corrected chi connectivity index (χ2v) is 7.13.